The highest BCUT2D eigenvalue weighted by Gasteiger charge is 2.40. The molecule has 0 aromatic heterocycles. The number of carbonyl (C=O) groups excluding carboxylic acids is 1. The molecule has 23 heavy (non-hydrogen) atoms. The Labute approximate surface area is 143 Å². The number of hydrogen-bond donors (Lipinski definition) is 0. The summed E-state index contributed by atoms with van der Waals surface area (Å²) in [5.41, 5.74) is 1.09. The Balaban J connectivity index is 1.31. The summed E-state index contributed by atoms with van der Waals surface area (Å²) in [4.78, 5) is 17.0. The van der Waals surface area contributed by atoms with Gasteiger partial charge in [0.15, 0.2) is 0 Å². The van der Waals surface area contributed by atoms with Crippen LogP contribution >= 0.6 is 11.6 Å². The standard InChI is InChI=1S/C19H25ClN2O/c20-17-3-1-2-4-18(17)21-7-9-22(10-8-21)19(23)13-16-12-14-5-6-15(16)11-14/h1-4,14-16H,5-13H2/t14-,15-,16-/m1/s1. The van der Waals surface area contributed by atoms with Crippen molar-refractivity contribution in [2.24, 2.45) is 17.8 Å². The predicted octanol–water partition coefficient (Wildman–Crippen LogP) is 3.81. The molecule has 0 N–H and O–H groups in total. The molecule has 1 aromatic carbocycles. The first-order valence-electron chi connectivity index (χ1n) is 8.98. The van der Waals surface area contributed by atoms with Crippen LogP contribution in [0.4, 0.5) is 5.69 Å². The van der Waals surface area contributed by atoms with Gasteiger partial charge in [-0.3, -0.25) is 4.79 Å². The van der Waals surface area contributed by atoms with E-state index in [4.69, 9.17) is 11.6 Å². The normalized spacial score (nSPS) is 30.0. The number of halogens is 1. The monoisotopic (exact) mass is 332 g/mol. The minimum Gasteiger partial charge on any atom is -0.367 e. The zero-order valence-corrected chi connectivity index (χ0v) is 14.3. The van der Waals surface area contributed by atoms with E-state index < -0.39 is 0 Å². The fraction of sp³-hybridized carbons (Fsp3) is 0.632. The molecule has 3 atom stereocenters. The summed E-state index contributed by atoms with van der Waals surface area (Å²) in [5, 5.41) is 0.800. The number of anilines is 1. The van der Waals surface area contributed by atoms with Crippen molar-refractivity contribution in [2.45, 2.75) is 32.1 Å². The Hall–Kier alpha value is -1.22. The van der Waals surface area contributed by atoms with Gasteiger partial charge in [0.25, 0.3) is 0 Å². The first-order chi connectivity index (χ1) is 11.2. The SMILES string of the molecule is O=C(C[C@H]1C[C@@H]2CC[C@@H]1C2)N1CCN(c2ccccc2Cl)CC1. The predicted molar refractivity (Wildman–Crippen MR) is 93.8 cm³/mol. The molecule has 1 aliphatic heterocycles. The van der Waals surface area contributed by atoms with Gasteiger partial charge in [-0.25, -0.2) is 0 Å². The molecule has 3 fully saturated rings. The van der Waals surface area contributed by atoms with Crippen molar-refractivity contribution in [2.75, 3.05) is 31.1 Å². The maximum atomic E-state index is 12.6. The quantitative estimate of drug-likeness (QED) is 0.840. The van der Waals surface area contributed by atoms with E-state index in [1.54, 1.807) is 0 Å². The number of nitrogens with zero attached hydrogens (tertiary/aromatic N) is 2. The first-order valence-corrected chi connectivity index (χ1v) is 9.36. The first kappa shape index (κ1) is 15.3. The number of carbonyl (C=O) groups is 1. The molecule has 4 rings (SSSR count). The minimum atomic E-state index is 0.376. The highest BCUT2D eigenvalue weighted by molar-refractivity contribution is 6.33. The Morgan fingerprint density at radius 2 is 1.87 bits per heavy atom. The van der Waals surface area contributed by atoms with Gasteiger partial charge in [0.1, 0.15) is 0 Å². The molecule has 1 heterocycles. The van der Waals surface area contributed by atoms with Gasteiger partial charge in [0.05, 0.1) is 10.7 Å². The molecule has 124 valence electrons. The van der Waals surface area contributed by atoms with E-state index in [1.807, 2.05) is 18.2 Å². The summed E-state index contributed by atoms with van der Waals surface area (Å²) < 4.78 is 0. The number of piperazine rings is 1. The highest BCUT2D eigenvalue weighted by Crippen LogP contribution is 2.49. The van der Waals surface area contributed by atoms with Crippen LogP contribution in [0.2, 0.25) is 5.02 Å². The highest BCUT2D eigenvalue weighted by atomic mass is 35.5. The fourth-order valence-corrected chi connectivity index (χ4v) is 5.14. The Kier molecular flexibility index (Phi) is 4.23. The smallest absolute Gasteiger partial charge is 0.222 e. The molecule has 0 radical (unpaired) electrons. The van der Waals surface area contributed by atoms with Gasteiger partial charge in [-0.1, -0.05) is 30.2 Å². The maximum Gasteiger partial charge on any atom is 0.222 e. The molecule has 3 aliphatic rings. The molecular weight excluding hydrogens is 308 g/mol. The molecule has 0 spiro atoms. The van der Waals surface area contributed by atoms with Crippen molar-refractivity contribution in [3.05, 3.63) is 29.3 Å². The summed E-state index contributed by atoms with van der Waals surface area (Å²) in [6.07, 6.45) is 6.25. The lowest BCUT2D eigenvalue weighted by Crippen LogP contribution is -2.49. The number of fused-ring (bicyclic) bond motifs is 2. The fourth-order valence-electron chi connectivity index (χ4n) is 4.88. The van der Waals surface area contributed by atoms with Gasteiger partial charge < -0.3 is 9.80 Å². The van der Waals surface area contributed by atoms with Crippen LogP contribution in [0.1, 0.15) is 32.1 Å². The summed E-state index contributed by atoms with van der Waals surface area (Å²) in [5.74, 6) is 2.81. The van der Waals surface area contributed by atoms with Gasteiger partial charge in [-0.2, -0.15) is 0 Å². The lowest BCUT2D eigenvalue weighted by atomic mass is 9.86. The van der Waals surface area contributed by atoms with Gasteiger partial charge in [0.2, 0.25) is 5.91 Å². The van der Waals surface area contributed by atoms with E-state index in [9.17, 15) is 4.79 Å². The van der Waals surface area contributed by atoms with Crippen molar-refractivity contribution in [3.63, 3.8) is 0 Å². The molecule has 1 amide bonds. The zero-order chi connectivity index (χ0) is 15.8. The Morgan fingerprint density at radius 3 is 2.52 bits per heavy atom. The third-order valence-corrected chi connectivity index (χ3v) is 6.47. The lowest BCUT2D eigenvalue weighted by molar-refractivity contribution is -0.132. The maximum absolute atomic E-state index is 12.6. The summed E-state index contributed by atoms with van der Waals surface area (Å²) in [6, 6.07) is 7.98. The van der Waals surface area contributed by atoms with Crippen molar-refractivity contribution < 1.29 is 4.79 Å². The molecule has 2 bridgehead atoms. The van der Waals surface area contributed by atoms with Crippen LogP contribution in [-0.2, 0) is 4.79 Å². The second-order valence-corrected chi connectivity index (χ2v) is 7.87. The van der Waals surface area contributed by atoms with Crippen LogP contribution in [0.25, 0.3) is 0 Å². The van der Waals surface area contributed by atoms with Crippen LogP contribution < -0.4 is 4.90 Å². The van der Waals surface area contributed by atoms with E-state index in [-0.39, 0.29) is 0 Å². The number of rotatable bonds is 3. The third kappa shape index (κ3) is 3.08. The van der Waals surface area contributed by atoms with E-state index in [1.165, 1.54) is 25.7 Å². The molecule has 3 nitrogen and oxygen atoms in total. The van der Waals surface area contributed by atoms with Crippen molar-refractivity contribution in [1.82, 2.24) is 4.90 Å². The van der Waals surface area contributed by atoms with Gasteiger partial charge in [-0.15, -0.1) is 0 Å². The molecular formula is C19H25ClN2O. The Morgan fingerprint density at radius 1 is 1.09 bits per heavy atom. The number of benzene rings is 1. The van der Waals surface area contributed by atoms with Crippen molar-refractivity contribution in [1.29, 1.82) is 0 Å². The topological polar surface area (TPSA) is 23.6 Å². The summed E-state index contributed by atoms with van der Waals surface area (Å²) in [6.45, 7) is 3.41. The molecule has 1 saturated heterocycles. The van der Waals surface area contributed by atoms with E-state index in [0.29, 0.717) is 11.8 Å². The van der Waals surface area contributed by atoms with Gasteiger partial charge in [-0.05, 0) is 49.1 Å². The van der Waals surface area contributed by atoms with Crippen LogP contribution in [0.3, 0.4) is 0 Å². The minimum absolute atomic E-state index is 0.376. The van der Waals surface area contributed by atoms with Crippen LogP contribution in [0, 0.1) is 17.8 Å². The number of amides is 1. The number of hydrogen-bond acceptors (Lipinski definition) is 2. The lowest BCUT2D eigenvalue weighted by Gasteiger charge is -2.37. The van der Waals surface area contributed by atoms with Crippen LogP contribution in [-0.4, -0.2) is 37.0 Å². The molecule has 2 saturated carbocycles. The molecule has 4 heteroatoms. The van der Waals surface area contributed by atoms with Gasteiger partial charge in [0, 0.05) is 32.6 Å². The van der Waals surface area contributed by atoms with Gasteiger partial charge >= 0.3 is 0 Å². The molecule has 0 unspecified atom stereocenters. The Bertz CT molecular complexity index is 582. The van der Waals surface area contributed by atoms with E-state index >= 15 is 0 Å². The third-order valence-electron chi connectivity index (χ3n) is 6.15. The number of para-hydroxylation sites is 1. The average Bonchev–Trinajstić information content (AvgIpc) is 3.18. The molecule has 2 aliphatic carbocycles. The second-order valence-electron chi connectivity index (χ2n) is 7.46. The summed E-state index contributed by atoms with van der Waals surface area (Å²) >= 11 is 6.28. The zero-order valence-electron chi connectivity index (χ0n) is 13.6. The van der Waals surface area contributed by atoms with Crippen LogP contribution in [0.15, 0.2) is 24.3 Å². The van der Waals surface area contributed by atoms with Crippen LogP contribution in [0.5, 0.6) is 0 Å². The van der Waals surface area contributed by atoms with E-state index in [2.05, 4.69) is 15.9 Å². The summed E-state index contributed by atoms with van der Waals surface area (Å²) in [7, 11) is 0. The molecule has 1 aromatic rings. The van der Waals surface area contributed by atoms with Crippen molar-refractivity contribution >= 4 is 23.2 Å². The largest absolute Gasteiger partial charge is 0.367 e. The van der Waals surface area contributed by atoms with E-state index in [0.717, 1.165) is 55.1 Å². The second kappa shape index (κ2) is 6.35. The van der Waals surface area contributed by atoms with Crippen molar-refractivity contribution in [3.8, 4) is 0 Å². The average molecular weight is 333 g/mol.